The number of ether oxygens (including phenoxy) is 2. The van der Waals surface area contributed by atoms with Crippen LogP contribution in [-0.2, 0) is 10.0 Å². The lowest BCUT2D eigenvalue weighted by Gasteiger charge is -2.56. The highest BCUT2D eigenvalue weighted by Crippen LogP contribution is 2.54. The molecule has 10 rings (SSSR count). The van der Waals surface area contributed by atoms with Gasteiger partial charge in [-0.2, -0.15) is 5.26 Å². The fourth-order valence-electron chi connectivity index (χ4n) is 12.0. The third-order valence-corrected chi connectivity index (χ3v) is 17.3. The molecule has 1 amide bonds. The molecule has 2 saturated carbocycles. The van der Waals surface area contributed by atoms with Gasteiger partial charge in [-0.1, -0.05) is 52.0 Å². The van der Waals surface area contributed by atoms with Crippen molar-refractivity contribution in [2.45, 2.75) is 127 Å². The van der Waals surface area contributed by atoms with Crippen LogP contribution in [0.25, 0.3) is 11.0 Å². The Morgan fingerprint density at radius 1 is 1.04 bits per heavy atom. The lowest BCUT2D eigenvalue weighted by molar-refractivity contribution is -0.384. The number of nitrogens with zero attached hydrogens (tertiary/aromatic N) is 5. The van der Waals surface area contributed by atoms with Gasteiger partial charge in [0.15, 0.2) is 11.4 Å². The average Bonchev–Trinajstić information content (AvgIpc) is 3.98. The minimum absolute atomic E-state index is 0.0317. The van der Waals surface area contributed by atoms with E-state index in [1.165, 1.54) is 49.1 Å². The van der Waals surface area contributed by atoms with Crippen LogP contribution in [0.15, 0.2) is 78.0 Å². The number of fused-ring (bicyclic) bond motifs is 2. The first-order valence-corrected chi connectivity index (χ1v) is 26.1. The fraction of sp³-hybridized carbons (Fsp3) is 0.491. The smallest absolute Gasteiger partial charge is 0.297 e. The Morgan fingerprint density at radius 2 is 1.81 bits per heavy atom. The monoisotopic (exact) mass is 954 g/mol. The summed E-state index contributed by atoms with van der Waals surface area (Å²) in [4.78, 5) is 38.0. The predicted octanol–water partition coefficient (Wildman–Crippen LogP) is 10.7. The molecular formula is C53H62N8O7S. The van der Waals surface area contributed by atoms with Crippen molar-refractivity contribution in [3.63, 3.8) is 0 Å². The lowest BCUT2D eigenvalue weighted by Crippen LogP contribution is -2.54. The van der Waals surface area contributed by atoms with Gasteiger partial charge in [0.1, 0.15) is 29.8 Å². The van der Waals surface area contributed by atoms with Crippen LogP contribution in [0.5, 0.6) is 17.2 Å². The van der Waals surface area contributed by atoms with Crippen molar-refractivity contribution in [1.82, 2.24) is 19.6 Å². The maximum absolute atomic E-state index is 14.2. The highest BCUT2D eigenvalue weighted by molar-refractivity contribution is 7.90. The summed E-state index contributed by atoms with van der Waals surface area (Å²) in [6.45, 7) is 12.1. The Labute approximate surface area is 404 Å². The van der Waals surface area contributed by atoms with Gasteiger partial charge in [0.2, 0.25) is 0 Å². The van der Waals surface area contributed by atoms with E-state index in [1.54, 1.807) is 30.5 Å². The number of likely N-dealkylation sites (tertiary alicyclic amines) is 1. The Morgan fingerprint density at radius 3 is 2.55 bits per heavy atom. The second-order valence-corrected chi connectivity index (χ2v) is 23.1. The number of aromatic nitrogens is 2. The van der Waals surface area contributed by atoms with Crippen LogP contribution in [0.2, 0.25) is 0 Å². The number of nitrogens with one attached hydrogen (secondary N) is 3. The summed E-state index contributed by atoms with van der Waals surface area (Å²) in [5.74, 6) is 0.301. The van der Waals surface area contributed by atoms with Crippen LogP contribution < -0.4 is 24.4 Å². The minimum Gasteiger partial charge on any atom is -0.489 e. The molecule has 2 saturated heterocycles. The van der Waals surface area contributed by atoms with Gasteiger partial charge in [0, 0.05) is 60.6 Å². The Bertz CT molecular complexity index is 2940. The maximum Gasteiger partial charge on any atom is 0.297 e. The molecule has 3 aromatic carbocycles. The van der Waals surface area contributed by atoms with Crippen LogP contribution in [0.1, 0.15) is 137 Å². The number of rotatable bonds is 12. The number of piperidine rings is 1. The van der Waals surface area contributed by atoms with E-state index in [-0.39, 0.29) is 46.6 Å². The van der Waals surface area contributed by atoms with E-state index in [0.29, 0.717) is 45.9 Å². The van der Waals surface area contributed by atoms with Crippen molar-refractivity contribution in [2.75, 3.05) is 36.5 Å². The summed E-state index contributed by atoms with van der Waals surface area (Å²) in [5.41, 5.74) is 4.78. The average molecular weight is 955 g/mol. The molecule has 2 aliphatic carbocycles. The Kier molecular flexibility index (Phi) is 12.3. The molecule has 0 bridgehead atoms. The summed E-state index contributed by atoms with van der Waals surface area (Å²) in [5, 5.41) is 26.0. The number of amides is 1. The van der Waals surface area contributed by atoms with Crippen LogP contribution in [0, 0.1) is 38.2 Å². The largest absolute Gasteiger partial charge is 0.489 e. The normalized spacial score (nSPS) is 21.5. The molecule has 69 heavy (non-hydrogen) atoms. The van der Waals surface area contributed by atoms with E-state index in [1.807, 2.05) is 0 Å². The van der Waals surface area contributed by atoms with E-state index < -0.39 is 31.4 Å². The number of H-pyrrole nitrogens is 1. The van der Waals surface area contributed by atoms with Gasteiger partial charge < -0.3 is 24.7 Å². The quantitative estimate of drug-likeness (QED) is 0.0792. The zero-order valence-electron chi connectivity index (χ0n) is 39.9. The summed E-state index contributed by atoms with van der Waals surface area (Å²) in [6.07, 6.45) is 15.0. The summed E-state index contributed by atoms with van der Waals surface area (Å²) >= 11 is 0. The first-order chi connectivity index (χ1) is 33.1. The van der Waals surface area contributed by atoms with E-state index in [4.69, 9.17) is 9.47 Å². The molecule has 0 unspecified atom stereocenters. The number of anilines is 2. The van der Waals surface area contributed by atoms with Crippen LogP contribution in [0.4, 0.5) is 17.1 Å². The van der Waals surface area contributed by atoms with Gasteiger partial charge in [-0.3, -0.25) is 19.8 Å². The van der Waals surface area contributed by atoms with E-state index in [2.05, 4.69) is 87.8 Å². The number of carbonyl (C=O) groups is 1. The second kappa shape index (κ2) is 18.3. The SMILES string of the molecule is CC(C)c1ccccc1[C@@H]1CCCN1C1CC2(CCN(c3ccc(C(=O)NS(=O)(=O)c4cc5c(c([N+](=O)[O-])c4)N[C@@H](CC4CCC(C)(C)CC4)CO5)c(Oc4cnc5[nH]cc(C#N)c5c4)c3)CC2)C1. The van der Waals surface area contributed by atoms with Crippen molar-refractivity contribution in [1.29, 1.82) is 5.26 Å². The molecule has 15 nitrogen and oxygen atoms in total. The highest BCUT2D eigenvalue weighted by atomic mass is 32.2. The molecule has 4 fully saturated rings. The molecule has 2 atom stereocenters. The molecule has 5 aliphatic rings. The molecule has 0 radical (unpaired) electrons. The number of pyridine rings is 1. The molecule has 5 heterocycles. The summed E-state index contributed by atoms with van der Waals surface area (Å²) in [6, 6.07) is 20.9. The fourth-order valence-corrected chi connectivity index (χ4v) is 13.0. The molecule has 3 aliphatic heterocycles. The van der Waals surface area contributed by atoms with Crippen molar-refractivity contribution in [3.05, 3.63) is 105 Å². The van der Waals surface area contributed by atoms with Gasteiger partial charge in [-0.15, -0.1) is 0 Å². The molecule has 3 N–H and O–H groups in total. The Hall–Kier alpha value is -6.18. The molecule has 5 aromatic rings. The molecular weight excluding hydrogens is 893 g/mol. The molecule has 362 valence electrons. The molecule has 16 heteroatoms. The van der Waals surface area contributed by atoms with Gasteiger partial charge >= 0.3 is 0 Å². The lowest BCUT2D eigenvalue weighted by atomic mass is 9.59. The maximum atomic E-state index is 14.2. The summed E-state index contributed by atoms with van der Waals surface area (Å²) in [7, 11) is -4.67. The van der Waals surface area contributed by atoms with Gasteiger partial charge in [0.25, 0.3) is 21.6 Å². The van der Waals surface area contributed by atoms with Gasteiger partial charge in [-0.25, -0.2) is 18.1 Å². The number of nitro benzene ring substituents is 1. The van der Waals surface area contributed by atoms with Gasteiger partial charge in [0.05, 0.1) is 33.2 Å². The number of carbonyl (C=O) groups excluding carboxylic acids is 1. The topological polar surface area (TPSA) is 196 Å². The Balaban J connectivity index is 0.860. The standard InChI is InChI=1S/C53H62N8O7S/c1-33(2)41-8-5-6-9-42(41)45-10-7-19-60(45)38-27-53(28-38)17-20-59(21-18-53)37-11-12-43(47(23-37)68-39-24-44-35(29-54)30-55-50(44)56-31-39)51(62)58-69(65,66)40-25-46(61(63)64)49-48(26-40)67-32-36(57-49)22-34-13-15-52(3,4)16-14-34/h5-6,8-9,11-12,23-26,30-31,33-34,36,38,45,57H,7,10,13-22,27-28,32H2,1-4H3,(H,55,56)(H,58,62)/t36-,45-/m0/s1. The van der Waals surface area contributed by atoms with E-state index in [0.717, 1.165) is 76.3 Å². The third kappa shape index (κ3) is 9.35. The zero-order chi connectivity index (χ0) is 48.2. The van der Waals surface area contributed by atoms with E-state index >= 15 is 0 Å². The first kappa shape index (κ1) is 46.5. The zero-order valence-corrected chi connectivity index (χ0v) is 40.7. The predicted molar refractivity (Wildman–Crippen MR) is 264 cm³/mol. The van der Waals surface area contributed by atoms with Crippen LogP contribution in [-0.4, -0.2) is 72.4 Å². The number of benzene rings is 3. The van der Waals surface area contributed by atoms with Crippen molar-refractivity contribution in [2.24, 2.45) is 16.7 Å². The second-order valence-electron chi connectivity index (χ2n) is 21.4. The number of hydrogen-bond donors (Lipinski definition) is 3. The first-order valence-electron chi connectivity index (χ1n) is 24.7. The summed E-state index contributed by atoms with van der Waals surface area (Å²) < 4.78 is 42.6. The number of sulfonamides is 1. The van der Waals surface area contributed by atoms with Crippen LogP contribution >= 0.6 is 0 Å². The highest BCUT2D eigenvalue weighted by Gasteiger charge is 2.50. The number of hydrogen-bond acceptors (Lipinski definition) is 12. The van der Waals surface area contributed by atoms with E-state index in [9.17, 15) is 28.6 Å². The van der Waals surface area contributed by atoms with Crippen molar-refractivity contribution in [3.8, 4) is 23.3 Å². The van der Waals surface area contributed by atoms with Crippen molar-refractivity contribution < 1.29 is 27.6 Å². The minimum atomic E-state index is -4.67. The van der Waals surface area contributed by atoms with Gasteiger partial charge in [-0.05, 0) is 129 Å². The third-order valence-electron chi connectivity index (χ3n) is 16.0. The molecule has 2 aromatic heterocycles. The van der Waals surface area contributed by atoms with Crippen LogP contribution in [0.3, 0.4) is 0 Å². The number of aromatic amines is 1. The number of nitriles is 1. The number of nitro groups is 1. The molecule has 1 spiro atoms. The van der Waals surface area contributed by atoms with Crippen molar-refractivity contribution >= 4 is 44.0 Å².